The molecule has 0 aliphatic rings. The first-order valence-electron chi connectivity index (χ1n) is 8.71. The zero-order chi connectivity index (χ0) is 21.0. The van der Waals surface area contributed by atoms with Crippen LogP contribution in [0.15, 0.2) is 18.2 Å². The molecule has 1 heterocycles. The first-order valence-corrected chi connectivity index (χ1v) is 9.09. The molecule has 0 bridgehead atoms. The molecule has 1 aromatic heterocycles. The van der Waals surface area contributed by atoms with Gasteiger partial charge in [0.2, 0.25) is 5.78 Å². The predicted molar refractivity (Wildman–Crippen MR) is 108 cm³/mol. The number of anilines is 1. The first kappa shape index (κ1) is 21.8. The number of carbonyl (C=O) groups excluding carboxylic acids is 2. The van der Waals surface area contributed by atoms with Crippen molar-refractivity contribution in [3.05, 3.63) is 45.7 Å². The molecule has 0 aliphatic heterocycles. The molecule has 0 radical (unpaired) electrons. The second kappa shape index (κ2) is 9.12. The number of methoxy groups -OCH3 is 2. The van der Waals surface area contributed by atoms with Gasteiger partial charge in [-0.15, -0.1) is 0 Å². The lowest BCUT2D eigenvalue weighted by molar-refractivity contribution is 0.0471. The fourth-order valence-electron chi connectivity index (χ4n) is 3.24. The lowest BCUT2D eigenvalue weighted by atomic mass is 10.1. The van der Waals surface area contributed by atoms with E-state index in [1.807, 2.05) is 25.3 Å². The van der Waals surface area contributed by atoms with Gasteiger partial charge >= 0.3 is 5.97 Å². The molecule has 1 aromatic carbocycles. The van der Waals surface area contributed by atoms with Crippen molar-refractivity contribution >= 4 is 29.0 Å². The number of nitrogens with two attached hydrogens (primary N) is 1. The monoisotopic (exact) mass is 408 g/mol. The van der Waals surface area contributed by atoms with Crippen LogP contribution in [0.3, 0.4) is 0 Å². The largest absolute Gasteiger partial charge is 0.496 e. The number of nitrogens with zero attached hydrogens (tertiary/aromatic N) is 1. The molecule has 0 saturated carbocycles. The molecular weight excluding hydrogens is 384 g/mol. The minimum absolute atomic E-state index is 0.0790. The summed E-state index contributed by atoms with van der Waals surface area (Å²) in [6, 6.07) is 4.67. The van der Waals surface area contributed by atoms with Gasteiger partial charge in [-0.05, 0) is 32.9 Å². The van der Waals surface area contributed by atoms with Crippen LogP contribution >= 0.6 is 11.6 Å². The Morgan fingerprint density at radius 1 is 1.18 bits per heavy atom. The maximum absolute atomic E-state index is 12.6. The summed E-state index contributed by atoms with van der Waals surface area (Å²) in [4.78, 5) is 25.0. The van der Waals surface area contributed by atoms with Gasteiger partial charge in [-0.2, -0.15) is 0 Å². The molecular formula is C20H25ClN2O5. The van der Waals surface area contributed by atoms with E-state index in [2.05, 4.69) is 0 Å². The number of halogens is 1. The number of benzene rings is 1. The van der Waals surface area contributed by atoms with Crippen molar-refractivity contribution in [3.8, 4) is 5.75 Å². The molecule has 0 saturated heterocycles. The maximum Gasteiger partial charge on any atom is 0.342 e. The van der Waals surface area contributed by atoms with Gasteiger partial charge in [0.25, 0.3) is 0 Å². The number of ketones is 1. The van der Waals surface area contributed by atoms with Crippen molar-refractivity contribution in [2.75, 3.05) is 33.2 Å². The van der Waals surface area contributed by atoms with E-state index in [1.54, 1.807) is 13.2 Å². The smallest absolute Gasteiger partial charge is 0.342 e. The van der Waals surface area contributed by atoms with E-state index in [1.165, 1.54) is 19.2 Å². The molecule has 0 amide bonds. The third-order valence-electron chi connectivity index (χ3n) is 4.51. The summed E-state index contributed by atoms with van der Waals surface area (Å²) in [7, 11) is 3.04. The van der Waals surface area contributed by atoms with Gasteiger partial charge in [-0.25, -0.2) is 4.79 Å². The molecule has 0 fully saturated rings. The predicted octanol–water partition coefficient (Wildman–Crippen LogP) is 3.60. The summed E-state index contributed by atoms with van der Waals surface area (Å²) >= 11 is 5.97. The maximum atomic E-state index is 12.6. The van der Waals surface area contributed by atoms with Crippen LogP contribution < -0.4 is 10.5 Å². The number of hydrogen-bond acceptors (Lipinski definition) is 6. The van der Waals surface area contributed by atoms with Gasteiger partial charge in [0.05, 0.1) is 30.5 Å². The van der Waals surface area contributed by atoms with Gasteiger partial charge in [0.15, 0.2) is 6.61 Å². The Labute approximate surface area is 169 Å². The number of carbonyl (C=O) groups is 2. The number of aryl methyl sites for hydroxylation is 1. The van der Waals surface area contributed by atoms with Gasteiger partial charge in [-0.1, -0.05) is 11.6 Å². The van der Waals surface area contributed by atoms with Gasteiger partial charge in [-0.3, -0.25) is 4.79 Å². The number of Topliss-reactive ketones (excluding diaryl/α,β-unsaturated/α-hetero) is 1. The Morgan fingerprint density at radius 2 is 1.86 bits per heavy atom. The van der Waals surface area contributed by atoms with Crippen molar-refractivity contribution < 1.29 is 23.8 Å². The molecule has 2 rings (SSSR count). The summed E-state index contributed by atoms with van der Waals surface area (Å²) in [6.45, 7) is 5.92. The van der Waals surface area contributed by atoms with Crippen LogP contribution in [0.2, 0.25) is 5.02 Å². The lowest BCUT2D eigenvalue weighted by Crippen LogP contribution is -2.17. The summed E-state index contributed by atoms with van der Waals surface area (Å²) in [5.41, 5.74) is 8.35. The van der Waals surface area contributed by atoms with Gasteiger partial charge in [0.1, 0.15) is 11.3 Å². The molecule has 2 N–H and O–H groups in total. The Balaban J connectivity index is 2.16. The van der Waals surface area contributed by atoms with Crippen molar-refractivity contribution in [1.82, 2.24) is 4.57 Å². The van der Waals surface area contributed by atoms with Crippen LogP contribution in [-0.4, -0.2) is 43.8 Å². The summed E-state index contributed by atoms with van der Waals surface area (Å²) in [6.07, 6.45) is 0. The SMILES string of the molecule is COC[C@H](C)n1c(C)cc(C(=O)COC(=O)c2cc(Cl)c(N)cc2OC)c1C. The standard InChI is InChI=1S/C20H25ClN2O5/c1-11-6-14(13(3)23(11)12(2)9-26-4)18(24)10-28-20(25)15-7-16(21)17(22)8-19(15)27-5/h6-8,12H,9-10,22H2,1-5H3/t12-/m0/s1. The Morgan fingerprint density at radius 3 is 2.46 bits per heavy atom. The highest BCUT2D eigenvalue weighted by molar-refractivity contribution is 6.33. The highest BCUT2D eigenvalue weighted by Crippen LogP contribution is 2.29. The fraction of sp³-hybridized carbons (Fsp3) is 0.400. The van der Waals surface area contributed by atoms with Crippen LogP contribution in [0.4, 0.5) is 5.69 Å². The van der Waals surface area contributed by atoms with E-state index in [0.29, 0.717) is 12.2 Å². The minimum atomic E-state index is -0.714. The molecule has 1 atom stereocenters. The molecule has 0 aliphatic carbocycles. The van der Waals surface area contributed by atoms with E-state index in [4.69, 9.17) is 31.5 Å². The third kappa shape index (κ3) is 4.48. The zero-order valence-electron chi connectivity index (χ0n) is 16.7. The van der Waals surface area contributed by atoms with Crippen LogP contribution in [0.1, 0.15) is 45.1 Å². The zero-order valence-corrected chi connectivity index (χ0v) is 17.4. The van der Waals surface area contributed by atoms with Crippen LogP contribution in [0.25, 0.3) is 0 Å². The molecule has 0 unspecified atom stereocenters. The van der Waals surface area contributed by atoms with E-state index in [0.717, 1.165) is 11.4 Å². The Hall–Kier alpha value is -2.51. The summed E-state index contributed by atoms with van der Waals surface area (Å²) in [5, 5.41) is 0.203. The van der Waals surface area contributed by atoms with E-state index >= 15 is 0 Å². The molecule has 2 aromatic rings. The van der Waals surface area contributed by atoms with Crippen LogP contribution in [0, 0.1) is 13.8 Å². The van der Waals surface area contributed by atoms with Crippen molar-refractivity contribution in [3.63, 3.8) is 0 Å². The van der Waals surface area contributed by atoms with Crippen LogP contribution in [-0.2, 0) is 9.47 Å². The lowest BCUT2D eigenvalue weighted by Gasteiger charge is -2.17. The molecule has 28 heavy (non-hydrogen) atoms. The summed E-state index contributed by atoms with van der Waals surface area (Å²) in [5.74, 6) is -0.780. The number of ether oxygens (including phenoxy) is 3. The van der Waals surface area contributed by atoms with Crippen molar-refractivity contribution in [1.29, 1.82) is 0 Å². The highest BCUT2D eigenvalue weighted by Gasteiger charge is 2.22. The second-order valence-electron chi connectivity index (χ2n) is 6.53. The van der Waals surface area contributed by atoms with Crippen molar-refractivity contribution in [2.45, 2.75) is 26.8 Å². The number of rotatable bonds is 8. The summed E-state index contributed by atoms with van der Waals surface area (Å²) < 4.78 is 17.6. The van der Waals surface area contributed by atoms with Crippen molar-refractivity contribution in [2.24, 2.45) is 0 Å². The number of aromatic nitrogens is 1. The van der Waals surface area contributed by atoms with Gasteiger partial charge in [0, 0.05) is 30.1 Å². The average Bonchev–Trinajstić information content (AvgIpc) is 2.95. The fourth-order valence-corrected chi connectivity index (χ4v) is 3.40. The highest BCUT2D eigenvalue weighted by atomic mass is 35.5. The normalized spacial score (nSPS) is 11.9. The average molecular weight is 409 g/mol. The number of nitrogen functional groups attached to an aromatic ring is 1. The second-order valence-corrected chi connectivity index (χ2v) is 6.94. The van der Waals surface area contributed by atoms with Crippen LogP contribution in [0.5, 0.6) is 5.75 Å². The Kier molecular flexibility index (Phi) is 7.10. The quantitative estimate of drug-likeness (QED) is 0.407. The van der Waals surface area contributed by atoms with E-state index < -0.39 is 12.6 Å². The Bertz CT molecular complexity index is 891. The molecule has 8 heteroatoms. The topological polar surface area (TPSA) is 92.8 Å². The number of hydrogen-bond donors (Lipinski definition) is 1. The molecule has 152 valence electrons. The minimum Gasteiger partial charge on any atom is -0.496 e. The molecule has 7 nitrogen and oxygen atoms in total. The van der Waals surface area contributed by atoms with E-state index in [9.17, 15) is 9.59 Å². The molecule has 0 spiro atoms. The third-order valence-corrected chi connectivity index (χ3v) is 4.83. The van der Waals surface area contributed by atoms with E-state index in [-0.39, 0.29) is 33.8 Å². The number of esters is 1. The van der Waals surface area contributed by atoms with Gasteiger partial charge < -0.3 is 24.5 Å². The first-order chi connectivity index (χ1) is 13.2.